The monoisotopic (exact) mass is 328 g/mol. The molecule has 0 radical (unpaired) electrons. The topological polar surface area (TPSA) is 49.4 Å². The van der Waals surface area contributed by atoms with Crippen LogP contribution in [0.15, 0.2) is 24.3 Å². The fraction of sp³-hybridized carbons (Fsp3) is 0.500. The highest BCUT2D eigenvalue weighted by Gasteiger charge is 2.41. The molecule has 126 valence electrons. The number of carbonyl (C=O) groups is 2. The van der Waals surface area contributed by atoms with Crippen molar-refractivity contribution < 1.29 is 22.8 Å². The second-order valence-corrected chi connectivity index (χ2v) is 5.77. The summed E-state index contributed by atoms with van der Waals surface area (Å²) in [5.41, 5.74) is 0.766. The number of amides is 1. The number of anilines is 1. The van der Waals surface area contributed by atoms with Crippen molar-refractivity contribution in [1.29, 1.82) is 0 Å². The Bertz CT molecular complexity index is 587. The van der Waals surface area contributed by atoms with Gasteiger partial charge in [0.1, 0.15) is 0 Å². The number of rotatable bonds is 4. The number of Topliss-reactive ketones (excluding diaryl/α,β-unsaturated/α-hetero) is 1. The average molecular weight is 328 g/mol. The number of hydrogen-bond donors (Lipinski definition) is 1. The Labute approximate surface area is 132 Å². The van der Waals surface area contributed by atoms with Crippen molar-refractivity contribution in [2.24, 2.45) is 5.92 Å². The molecule has 1 unspecified atom stereocenters. The zero-order valence-corrected chi connectivity index (χ0v) is 12.8. The van der Waals surface area contributed by atoms with E-state index in [9.17, 15) is 22.8 Å². The summed E-state index contributed by atoms with van der Waals surface area (Å²) in [6.07, 6.45) is -3.70. The fourth-order valence-corrected chi connectivity index (χ4v) is 2.76. The van der Waals surface area contributed by atoms with E-state index in [2.05, 4.69) is 5.32 Å². The Morgan fingerprint density at radius 1 is 1.30 bits per heavy atom. The summed E-state index contributed by atoms with van der Waals surface area (Å²) in [5.74, 6) is -1.98. The van der Waals surface area contributed by atoms with Gasteiger partial charge in [-0.3, -0.25) is 14.5 Å². The van der Waals surface area contributed by atoms with Gasteiger partial charge in [0.2, 0.25) is 5.91 Å². The molecular formula is C16H19F3N2O2. The largest absolute Gasteiger partial charge is 0.393 e. The van der Waals surface area contributed by atoms with Crippen LogP contribution in [-0.2, 0) is 4.79 Å². The van der Waals surface area contributed by atoms with Crippen LogP contribution in [0.3, 0.4) is 0 Å². The van der Waals surface area contributed by atoms with E-state index < -0.39 is 18.0 Å². The van der Waals surface area contributed by atoms with Crippen LogP contribution in [-0.4, -0.2) is 42.4 Å². The molecule has 1 amide bonds. The predicted molar refractivity (Wildman–Crippen MR) is 80.3 cm³/mol. The number of likely N-dealkylation sites (tertiary alicyclic amines) is 1. The van der Waals surface area contributed by atoms with Crippen LogP contribution in [0.25, 0.3) is 0 Å². The third-order valence-corrected chi connectivity index (χ3v) is 3.92. The van der Waals surface area contributed by atoms with Crippen molar-refractivity contribution >= 4 is 17.4 Å². The lowest BCUT2D eigenvalue weighted by atomic mass is 9.97. The molecule has 1 atom stereocenters. The first-order valence-electron chi connectivity index (χ1n) is 7.46. The van der Waals surface area contributed by atoms with E-state index >= 15 is 0 Å². The van der Waals surface area contributed by atoms with Crippen molar-refractivity contribution in [3.05, 3.63) is 29.8 Å². The van der Waals surface area contributed by atoms with Gasteiger partial charge >= 0.3 is 6.18 Å². The highest BCUT2D eigenvalue weighted by atomic mass is 19.4. The number of nitrogens with one attached hydrogen (secondary N) is 1. The molecule has 1 N–H and O–H groups in total. The van der Waals surface area contributed by atoms with E-state index in [4.69, 9.17) is 0 Å². The lowest BCUT2D eigenvalue weighted by Crippen LogP contribution is -2.44. The first-order valence-corrected chi connectivity index (χ1v) is 7.46. The molecule has 0 saturated carbocycles. The van der Waals surface area contributed by atoms with Crippen molar-refractivity contribution in [2.75, 3.05) is 25.0 Å². The van der Waals surface area contributed by atoms with Gasteiger partial charge < -0.3 is 5.32 Å². The Morgan fingerprint density at radius 3 is 2.65 bits per heavy atom. The number of benzene rings is 1. The second kappa shape index (κ2) is 7.12. The van der Waals surface area contributed by atoms with Crippen LogP contribution in [0, 0.1) is 5.92 Å². The van der Waals surface area contributed by atoms with Crippen LogP contribution in [0.5, 0.6) is 0 Å². The van der Waals surface area contributed by atoms with Crippen LogP contribution < -0.4 is 5.32 Å². The highest BCUT2D eigenvalue weighted by Crippen LogP contribution is 2.33. The molecule has 1 aromatic carbocycles. The molecule has 1 saturated heterocycles. The summed E-state index contributed by atoms with van der Waals surface area (Å²) in [5, 5.41) is 2.61. The van der Waals surface area contributed by atoms with E-state index in [-0.39, 0.29) is 25.3 Å². The summed E-state index contributed by atoms with van der Waals surface area (Å²) < 4.78 is 38.3. The molecule has 23 heavy (non-hydrogen) atoms. The number of halogens is 3. The molecule has 1 aromatic rings. The summed E-state index contributed by atoms with van der Waals surface area (Å²) in [4.78, 5) is 25.1. The molecule has 0 spiro atoms. The molecule has 1 fully saturated rings. The molecule has 1 heterocycles. The van der Waals surface area contributed by atoms with Crippen molar-refractivity contribution in [3.8, 4) is 0 Å². The van der Waals surface area contributed by atoms with Gasteiger partial charge in [0.05, 0.1) is 18.2 Å². The van der Waals surface area contributed by atoms with Crippen LogP contribution >= 0.6 is 0 Å². The summed E-state index contributed by atoms with van der Waals surface area (Å²) in [7, 11) is 0. The number of hydrogen-bond acceptors (Lipinski definition) is 3. The molecular weight excluding hydrogens is 309 g/mol. The average Bonchev–Trinajstić information content (AvgIpc) is 2.46. The smallest absolute Gasteiger partial charge is 0.324 e. The summed E-state index contributed by atoms with van der Waals surface area (Å²) in [6, 6.07) is 6.56. The third-order valence-electron chi connectivity index (χ3n) is 3.92. The lowest BCUT2D eigenvalue weighted by Gasteiger charge is -2.33. The summed E-state index contributed by atoms with van der Waals surface area (Å²) in [6.45, 7) is 1.59. The Hall–Kier alpha value is -1.89. The number of piperidine rings is 1. The van der Waals surface area contributed by atoms with Crippen molar-refractivity contribution in [2.45, 2.75) is 25.9 Å². The zero-order valence-electron chi connectivity index (χ0n) is 12.8. The van der Waals surface area contributed by atoms with Gasteiger partial charge in [-0.2, -0.15) is 13.2 Å². The minimum Gasteiger partial charge on any atom is -0.324 e. The van der Waals surface area contributed by atoms with Gasteiger partial charge in [-0.05, 0) is 38.4 Å². The number of carbonyl (C=O) groups excluding carboxylic acids is 2. The first-order chi connectivity index (χ1) is 10.8. The van der Waals surface area contributed by atoms with E-state index in [0.717, 1.165) is 0 Å². The molecule has 4 nitrogen and oxygen atoms in total. The normalized spacial score (nSPS) is 19.4. The van der Waals surface area contributed by atoms with Gasteiger partial charge in [-0.15, -0.1) is 0 Å². The van der Waals surface area contributed by atoms with Gasteiger partial charge in [0, 0.05) is 12.1 Å². The minimum absolute atomic E-state index is 0.106. The first kappa shape index (κ1) is 17.5. The second-order valence-electron chi connectivity index (χ2n) is 5.77. The van der Waals surface area contributed by atoms with Gasteiger partial charge in [-0.25, -0.2) is 0 Å². The molecule has 0 aliphatic carbocycles. The fourth-order valence-electron chi connectivity index (χ4n) is 2.76. The Kier molecular flexibility index (Phi) is 5.41. The number of nitrogens with zero attached hydrogens (tertiary/aromatic N) is 1. The SMILES string of the molecule is CC(=O)c1ccccc1NC(=O)CN1CCCC(C(F)(F)F)C1. The standard InChI is InChI=1S/C16H19F3N2O2/c1-11(22)13-6-2-3-7-14(13)20-15(23)10-21-8-4-5-12(9-21)16(17,18)19/h2-3,6-7,12H,4-5,8-10H2,1H3,(H,20,23). The Morgan fingerprint density at radius 2 is 2.00 bits per heavy atom. The van der Waals surface area contributed by atoms with Gasteiger partial charge in [-0.1, -0.05) is 12.1 Å². The molecule has 1 aliphatic rings. The predicted octanol–water partition coefficient (Wildman–Crippen LogP) is 3.10. The highest BCUT2D eigenvalue weighted by molar-refractivity contribution is 6.04. The van der Waals surface area contributed by atoms with Gasteiger partial charge in [0.15, 0.2) is 5.78 Å². The van der Waals surface area contributed by atoms with Crippen LogP contribution in [0.2, 0.25) is 0 Å². The van der Waals surface area contributed by atoms with E-state index in [1.54, 1.807) is 24.3 Å². The Balaban J connectivity index is 1.96. The lowest BCUT2D eigenvalue weighted by molar-refractivity contribution is -0.186. The summed E-state index contributed by atoms with van der Waals surface area (Å²) >= 11 is 0. The third kappa shape index (κ3) is 4.79. The number of para-hydroxylation sites is 1. The number of alkyl halides is 3. The van der Waals surface area contributed by atoms with Crippen molar-refractivity contribution in [1.82, 2.24) is 4.90 Å². The van der Waals surface area contributed by atoms with Crippen molar-refractivity contribution in [3.63, 3.8) is 0 Å². The molecule has 2 rings (SSSR count). The molecule has 0 bridgehead atoms. The van der Waals surface area contributed by atoms with E-state index in [0.29, 0.717) is 24.2 Å². The molecule has 7 heteroatoms. The zero-order chi connectivity index (χ0) is 17.0. The number of ketones is 1. The maximum absolute atomic E-state index is 12.8. The quantitative estimate of drug-likeness (QED) is 0.864. The minimum atomic E-state index is -4.23. The maximum Gasteiger partial charge on any atom is 0.393 e. The maximum atomic E-state index is 12.8. The van der Waals surface area contributed by atoms with Crippen LogP contribution in [0.1, 0.15) is 30.1 Å². The van der Waals surface area contributed by atoms with E-state index in [1.165, 1.54) is 11.8 Å². The molecule has 0 aromatic heterocycles. The van der Waals surface area contributed by atoms with Gasteiger partial charge in [0.25, 0.3) is 0 Å². The van der Waals surface area contributed by atoms with E-state index in [1.807, 2.05) is 0 Å². The van der Waals surface area contributed by atoms with Crippen LogP contribution in [0.4, 0.5) is 18.9 Å². The molecule has 1 aliphatic heterocycles.